The summed E-state index contributed by atoms with van der Waals surface area (Å²) < 4.78 is 5.80. The Hall–Kier alpha value is -0.980. The molecule has 2 aliphatic rings. The molecule has 2 aliphatic carbocycles. The number of hydrogen-bond donors (Lipinski definition) is 0. The van der Waals surface area contributed by atoms with Crippen molar-refractivity contribution in [2.24, 2.45) is 23.7 Å². The zero-order chi connectivity index (χ0) is 21.0. The number of aryl methyl sites for hydroxylation is 1. The third kappa shape index (κ3) is 7.93. The first kappa shape index (κ1) is 23.7. The molecule has 0 aromatic heterocycles. The van der Waals surface area contributed by atoms with Gasteiger partial charge in [-0.1, -0.05) is 83.8 Å². The fourth-order valence-electron chi connectivity index (χ4n) is 6.04. The Morgan fingerprint density at radius 1 is 0.667 bits per heavy atom. The quantitative estimate of drug-likeness (QED) is 0.311. The van der Waals surface area contributed by atoms with Gasteiger partial charge < -0.3 is 4.74 Å². The third-order valence-corrected chi connectivity index (χ3v) is 8.20. The van der Waals surface area contributed by atoms with E-state index in [0.29, 0.717) is 0 Å². The van der Waals surface area contributed by atoms with Crippen molar-refractivity contribution >= 4 is 0 Å². The summed E-state index contributed by atoms with van der Waals surface area (Å²) >= 11 is 0. The van der Waals surface area contributed by atoms with Crippen LogP contribution in [-0.2, 0) is 6.42 Å². The van der Waals surface area contributed by atoms with E-state index < -0.39 is 0 Å². The SMILES string of the molecule is CCCCC[C@H]1CC[C@H]([C@H]2CC[C@H](CCc3ccc(OCCCC)cc3)CC2)CC1. The Morgan fingerprint density at radius 3 is 1.80 bits per heavy atom. The van der Waals surface area contributed by atoms with Crippen LogP contribution in [-0.4, -0.2) is 6.61 Å². The van der Waals surface area contributed by atoms with Crippen molar-refractivity contribution in [1.82, 2.24) is 0 Å². The van der Waals surface area contributed by atoms with Gasteiger partial charge >= 0.3 is 0 Å². The molecule has 1 heteroatoms. The molecule has 0 spiro atoms. The summed E-state index contributed by atoms with van der Waals surface area (Å²) in [4.78, 5) is 0. The van der Waals surface area contributed by atoms with Crippen LogP contribution < -0.4 is 4.74 Å². The van der Waals surface area contributed by atoms with Gasteiger partial charge in [-0.25, -0.2) is 0 Å². The Labute approximate surface area is 187 Å². The van der Waals surface area contributed by atoms with E-state index in [1.165, 1.54) is 89.0 Å². The highest BCUT2D eigenvalue weighted by molar-refractivity contribution is 5.27. The summed E-state index contributed by atoms with van der Waals surface area (Å²) in [6.07, 6.45) is 22.9. The fraction of sp³-hybridized carbons (Fsp3) is 0.793. The smallest absolute Gasteiger partial charge is 0.119 e. The number of unbranched alkanes of at least 4 members (excludes halogenated alkanes) is 3. The van der Waals surface area contributed by atoms with Crippen LogP contribution in [0.2, 0.25) is 0 Å². The molecule has 0 unspecified atom stereocenters. The zero-order valence-corrected chi connectivity index (χ0v) is 20.0. The average molecular weight is 413 g/mol. The Balaban J connectivity index is 1.29. The molecule has 3 rings (SSSR count). The monoisotopic (exact) mass is 412 g/mol. The van der Waals surface area contributed by atoms with Gasteiger partial charge in [0.1, 0.15) is 5.75 Å². The molecular weight excluding hydrogens is 364 g/mol. The number of benzene rings is 1. The van der Waals surface area contributed by atoms with Gasteiger partial charge in [-0.2, -0.15) is 0 Å². The van der Waals surface area contributed by atoms with Crippen LogP contribution in [0.1, 0.15) is 116 Å². The molecule has 0 bridgehead atoms. The van der Waals surface area contributed by atoms with E-state index in [2.05, 4.69) is 38.1 Å². The summed E-state index contributed by atoms with van der Waals surface area (Å²) in [5.41, 5.74) is 1.49. The second-order valence-corrected chi connectivity index (χ2v) is 10.4. The molecule has 2 fully saturated rings. The molecular formula is C29H48O. The topological polar surface area (TPSA) is 9.23 Å². The maximum Gasteiger partial charge on any atom is 0.119 e. The van der Waals surface area contributed by atoms with Crippen molar-refractivity contribution in [3.63, 3.8) is 0 Å². The Kier molecular flexibility index (Phi) is 10.6. The van der Waals surface area contributed by atoms with Gasteiger partial charge in [-0.3, -0.25) is 0 Å². The lowest BCUT2D eigenvalue weighted by molar-refractivity contribution is 0.140. The summed E-state index contributed by atoms with van der Waals surface area (Å²) in [6.45, 7) is 5.38. The van der Waals surface area contributed by atoms with Gasteiger partial charge in [0.2, 0.25) is 0 Å². The molecule has 0 radical (unpaired) electrons. The van der Waals surface area contributed by atoms with Crippen LogP contribution in [0, 0.1) is 23.7 Å². The van der Waals surface area contributed by atoms with Crippen molar-refractivity contribution < 1.29 is 4.74 Å². The van der Waals surface area contributed by atoms with E-state index >= 15 is 0 Å². The van der Waals surface area contributed by atoms with Gasteiger partial charge in [-0.05, 0) is 86.3 Å². The summed E-state index contributed by atoms with van der Waals surface area (Å²) in [5, 5.41) is 0. The number of rotatable bonds is 12. The average Bonchev–Trinajstić information content (AvgIpc) is 2.80. The summed E-state index contributed by atoms with van der Waals surface area (Å²) in [6, 6.07) is 8.90. The summed E-state index contributed by atoms with van der Waals surface area (Å²) in [7, 11) is 0. The van der Waals surface area contributed by atoms with Crippen LogP contribution in [0.5, 0.6) is 5.75 Å². The van der Waals surface area contributed by atoms with Crippen LogP contribution >= 0.6 is 0 Å². The third-order valence-electron chi connectivity index (χ3n) is 8.20. The molecule has 170 valence electrons. The van der Waals surface area contributed by atoms with Gasteiger partial charge in [0.25, 0.3) is 0 Å². The van der Waals surface area contributed by atoms with Crippen LogP contribution in [0.25, 0.3) is 0 Å². The maximum atomic E-state index is 5.80. The Bertz CT molecular complexity index is 546. The largest absolute Gasteiger partial charge is 0.494 e. The molecule has 1 aromatic carbocycles. The van der Waals surface area contributed by atoms with E-state index in [0.717, 1.165) is 42.4 Å². The van der Waals surface area contributed by atoms with Gasteiger partial charge in [-0.15, -0.1) is 0 Å². The van der Waals surface area contributed by atoms with Gasteiger partial charge in [0.15, 0.2) is 0 Å². The predicted molar refractivity (Wildman–Crippen MR) is 130 cm³/mol. The van der Waals surface area contributed by atoms with Crippen molar-refractivity contribution in [2.75, 3.05) is 6.61 Å². The number of hydrogen-bond acceptors (Lipinski definition) is 1. The summed E-state index contributed by atoms with van der Waals surface area (Å²) in [5.74, 6) is 5.18. The van der Waals surface area contributed by atoms with Crippen molar-refractivity contribution in [3.05, 3.63) is 29.8 Å². The zero-order valence-electron chi connectivity index (χ0n) is 20.0. The molecule has 0 N–H and O–H groups in total. The van der Waals surface area contributed by atoms with Crippen molar-refractivity contribution in [3.8, 4) is 5.75 Å². The highest BCUT2D eigenvalue weighted by atomic mass is 16.5. The lowest BCUT2D eigenvalue weighted by Gasteiger charge is -2.38. The van der Waals surface area contributed by atoms with Crippen molar-refractivity contribution in [1.29, 1.82) is 0 Å². The molecule has 0 atom stereocenters. The minimum Gasteiger partial charge on any atom is -0.494 e. The lowest BCUT2D eigenvalue weighted by Crippen LogP contribution is -2.26. The fourth-order valence-corrected chi connectivity index (χ4v) is 6.04. The second kappa shape index (κ2) is 13.4. The maximum absolute atomic E-state index is 5.80. The number of ether oxygens (including phenoxy) is 1. The molecule has 0 aliphatic heterocycles. The first-order chi connectivity index (χ1) is 14.8. The van der Waals surface area contributed by atoms with Crippen LogP contribution in [0.4, 0.5) is 0 Å². The molecule has 1 aromatic rings. The minimum absolute atomic E-state index is 0.847. The second-order valence-electron chi connectivity index (χ2n) is 10.4. The normalized spacial score (nSPS) is 27.1. The first-order valence-electron chi connectivity index (χ1n) is 13.5. The predicted octanol–water partition coefficient (Wildman–Crippen LogP) is 8.99. The first-order valence-corrected chi connectivity index (χ1v) is 13.5. The minimum atomic E-state index is 0.847. The van der Waals surface area contributed by atoms with Crippen LogP contribution in [0.3, 0.4) is 0 Å². The lowest BCUT2D eigenvalue weighted by atomic mass is 9.68. The van der Waals surface area contributed by atoms with Crippen LogP contribution in [0.15, 0.2) is 24.3 Å². The van der Waals surface area contributed by atoms with Crippen molar-refractivity contribution in [2.45, 2.75) is 117 Å². The van der Waals surface area contributed by atoms with E-state index in [-0.39, 0.29) is 0 Å². The van der Waals surface area contributed by atoms with E-state index in [1.54, 1.807) is 12.8 Å². The Morgan fingerprint density at radius 2 is 1.23 bits per heavy atom. The molecule has 1 nitrogen and oxygen atoms in total. The van der Waals surface area contributed by atoms with Gasteiger partial charge in [0, 0.05) is 0 Å². The standard InChI is InChI=1S/C29H48O/c1-3-5-7-8-24-11-17-27(18-12-24)28-19-13-25(14-20-28)9-10-26-15-21-29(22-16-26)30-23-6-4-2/h15-16,21-22,24-25,27-28H,3-14,17-20,23H2,1-2H3/t24-,25-,27-,28-. The van der Waals surface area contributed by atoms with Gasteiger partial charge in [0.05, 0.1) is 6.61 Å². The molecule has 2 saturated carbocycles. The van der Waals surface area contributed by atoms with E-state index in [4.69, 9.17) is 4.74 Å². The highest BCUT2D eigenvalue weighted by Gasteiger charge is 2.30. The molecule has 30 heavy (non-hydrogen) atoms. The molecule has 0 heterocycles. The van der Waals surface area contributed by atoms with E-state index in [1.807, 2.05) is 0 Å². The molecule has 0 amide bonds. The van der Waals surface area contributed by atoms with E-state index in [9.17, 15) is 0 Å². The highest BCUT2D eigenvalue weighted by Crippen LogP contribution is 2.43. The molecule has 0 saturated heterocycles.